The molecule has 0 saturated heterocycles. The summed E-state index contributed by atoms with van der Waals surface area (Å²) in [4.78, 5) is 2.89. The van der Waals surface area contributed by atoms with Crippen LogP contribution in [-0.4, -0.2) is 29.6 Å². The highest BCUT2D eigenvalue weighted by Crippen LogP contribution is 2.41. The van der Waals surface area contributed by atoms with Gasteiger partial charge < -0.3 is 5.73 Å². The van der Waals surface area contributed by atoms with Crippen LogP contribution in [0.4, 0.5) is 0 Å². The van der Waals surface area contributed by atoms with E-state index in [9.17, 15) is 0 Å². The Bertz CT molecular complexity index is 283. The Kier molecular flexibility index (Phi) is 5.92. The van der Waals surface area contributed by atoms with Crippen LogP contribution in [0, 0.1) is 11.8 Å². The molecule has 2 unspecified atom stereocenters. The lowest BCUT2D eigenvalue weighted by Gasteiger charge is -2.53. The zero-order valence-electron chi connectivity index (χ0n) is 14.0. The van der Waals surface area contributed by atoms with Crippen molar-refractivity contribution in [2.24, 2.45) is 17.6 Å². The predicted molar refractivity (Wildman–Crippen MR) is 87.8 cm³/mol. The summed E-state index contributed by atoms with van der Waals surface area (Å²) < 4.78 is 0. The third-order valence-corrected chi connectivity index (χ3v) is 6.05. The smallest absolute Gasteiger partial charge is 0.0360 e. The minimum Gasteiger partial charge on any atom is -0.329 e. The van der Waals surface area contributed by atoms with E-state index in [1.54, 1.807) is 0 Å². The first-order chi connectivity index (χ1) is 9.60. The first-order valence-electron chi connectivity index (χ1n) is 9.07. The van der Waals surface area contributed by atoms with Crippen LogP contribution in [-0.2, 0) is 0 Å². The van der Waals surface area contributed by atoms with Crippen molar-refractivity contribution in [2.75, 3.05) is 13.1 Å². The Balaban J connectivity index is 2.16. The van der Waals surface area contributed by atoms with E-state index in [-0.39, 0.29) is 0 Å². The largest absolute Gasteiger partial charge is 0.329 e. The predicted octanol–water partition coefficient (Wildman–Crippen LogP) is 4.18. The van der Waals surface area contributed by atoms with Gasteiger partial charge in [-0.3, -0.25) is 4.90 Å². The van der Waals surface area contributed by atoms with Crippen LogP contribution >= 0.6 is 0 Å². The van der Waals surface area contributed by atoms with Crippen LogP contribution in [0.3, 0.4) is 0 Å². The molecule has 2 heteroatoms. The van der Waals surface area contributed by atoms with Gasteiger partial charge in [-0.15, -0.1) is 0 Å². The molecule has 0 aromatic rings. The molecule has 0 heterocycles. The molecular formula is C18H36N2. The molecule has 2 rings (SSSR count). The first-order valence-corrected chi connectivity index (χ1v) is 9.07. The lowest BCUT2D eigenvalue weighted by Crippen LogP contribution is -2.62. The molecule has 20 heavy (non-hydrogen) atoms. The van der Waals surface area contributed by atoms with E-state index in [0.717, 1.165) is 24.4 Å². The zero-order chi connectivity index (χ0) is 14.6. The average Bonchev–Trinajstić information content (AvgIpc) is 2.94. The molecule has 0 amide bonds. The molecule has 2 nitrogen and oxygen atoms in total. The molecule has 2 saturated carbocycles. The maximum atomic E-state index is 6.36. The van der Waals surface area contributed by atoms with Crippen LogP contribution < -0.4 is 5.73 Å². The van der Waals surface area contributed by atoms with E-state index >= 15 is 0 Å². The van der Waals surface area contributed by atoms with Gasteiger partial charge in [0.05, 0.1) is 0 Å². The van der Waals surface area contributed by atoms with Gasteiger partial charge in [0.1, 0.15) is 0 Å². The monoisotopic (exact) mass is 280 g/mol. The highest BCUT2D eigenvalue weighted by atomic mass is 15.2. The van der Waals surface area contributed by atoms with Gasteiger partial charge >= 0.3 is 0 Å². The molecule has 0 bridgehead atoms. The van der Waals surface area contributed by atoms with Gasteiger partial charge in [-0.1, -0.05) is 46.5 Å². The van der Waals surface area contributed by atoms with Crippen LogP contribution in [0.5, 0.6) is 0 Å². The Morgan fingerprint density at radius 2 is 1.75 bits per heavy atom. The van der Waals surface area contributed by atoms with Gasteiger partial charge in [0.2, 0.25) is 0 Å². The molecular weight excluding hydrogens is 244 g/mol. The lowest BCUT2D eigenvalue weighted by atomic mass is 9.71. The van der Waals surface area contributed by atoms with Crippen LogP contribution in [0.25, 0.3) is 0 Å². The number of hydrogen-bond acceptors (Lipinski definition) is 2. The molecule has 2 N–H and O–H groups in total. The molecule has 2 aliphatic carbocycles. The summed E-state index contributed by atoms with van der Waals surface area (Å²) in [6.07, 6.45) is 12.5. The van der Waals surface area contributed by atoms with Crippen molar-refractivity contribution in [3.63, 3.8) is 0 Å². The summed E-state index contributed by atoms with van der Waals surface area (Å²) in [5, 5.41) is 0. The summed E-state index contributed by atoms with van der Waals surface area (Å²) in [7, 11) is 0. The quantitative estimate of drug-likeness (QED) is 0.790. The van der Waals surface area contributed by atoms with E-state index in [4.69, 9.17) is 5.73 Å². The van der Waals surface area contributed by atoms with Crippen molar-refractivity contribution in [2.45, 2.75) is 90.1 Å². The first kappa shape index (κ1) is 16.3. The summed E-state index contributed by atoms with van der Waals surface area (Å²) in [5.74, 6) is 1.57. The van der Waals surface area contributed by atoms with E-state index < -0.39 is 0 Å². The second-order valence-corrected chi connectivity index (χ2v) is 7.77. The van der Waals surface area contributed by atoms with Gasteiger partial charge in [0.25, 0.3) is 0 Å². The average molecular weight is 280 g/mol. The van der Waals surface area contributed by atoms with Crippen molar-refractivity contribution in [3.8, 4) is 0 Å². The fourth-order valence-electron chi connectivity index (χ4n) is 4.63. The Hall–Kier alpha value is -0.0800. The molecule has 2 fully saturated rings. The third-order valence-electron chi connectivity index (χ3n) is 6.05. The number of nitrogens with zero attached hydrogens (tertiary/aromatic N) is 1. The van der Waals surface area contributed by atoms with Crippen LogP contribution in [0.1, 0.15) is 78.6 Å². The molecule has 0 aliphatic heterocycles. The fraction of sp³-hybridized carbons (Fsp3) is 1.00. The minimum absolute atomic E-state index is 0.308. The van der Waals surface area contributed by atoms with Crippen LogP contribution in [0.2, 0.25) is 0 Å². The minimum atomic E-state index is 0.308. The highest BCUT2D eigenvalue weighted by molar-refractivity contribution is 5.01. The van der Waals surface area contributed by atoms with Crippen molar-refractivity contribution < 1.29 is 0 Å². The van der Waals surface area contributed by atoms with Crippen molar-refractivity contribution in [3.05, 3.63) is 0 Å². The maximum Gasteiger partial charge on any atom is 0.0360 e. The second kappa shape index (κ2) is 7.26. The molecule has 0 spiro atoms. The molecule has 0 radical (unpaired) electrons. The van der Waals surface area contributed by atoms with E-state index in [2.05, 4.69) is 25.7 Å². The van der Waals surface area contributed by atoms with Gasteiger partial charge in [-0.2, -0.15) is 0 Å². The molecule has 0 aromatic carbocycles. The molecule has 2 aliphatic rings. The van der Waals surface area contributed by atoms with Gasteiger partial charge in [0, 0.05) is 18.1 Å². The number of hydrogen-bond donors (Lipinski definition) is 1. The standard InChI is InChI=1S/C18H36N2/c1-15(2)11-13-20(17-9-4-5-10-17)18(14-19)12-7-6-8-16(18)3/h15-17H,4-14,19H2,1-3H3. The van der Waals surface area contributed by atoms with Crippen molar-refractivity contribution >= 4 is 0 Å². The SMILES string of the molecule is CC(C)CCN(C1CCCC1)C1(CN)CCCCC1C. The normalized spacial score (nSPS) is 32.4. The topological polar surface area (TPSA) is 29.3 Å². The van der Waals surface area contributed by atoms with Gasteiger partial charge in [0.15, 0.2) is 0 Å². The Morgan fingerprint density at radius 1 is 1.10 bits per heavy atom. The Labute approximate surface area is 126 Å². The van der Waals surface area contributed by atoms with Gasteiger partial charge in [-0.25, -0.2) is 0 Å². The highest BCUT2D eigenvalue weighted by Gasteiger charge is 2.44. The summed E-state index contributed by atoms with van der Waals surface area (Å²) in [5.41, 5.74) is 6.67. The molecule has 2 atom stereocenters. The lowest BCUT2D eigenvalue weighted by molar-refractivity contribution is -0.0199. The second-order valence-electron chi connectivity index (χ2n) is 7.77. The summed E-state index contributed by atoms with van der Waals surface area (Å²) in [6.45, 7) is 9.30. The van der Waals surface area contributed by atoms with Crippen molar-refractivity contribution in [1.82, 2.24) is 4.90 Å². The number of nitrogens with two attached hydrogens (primary N) is 1. The maximum absolute atomic E-state index is 6.36. The Morgan fingerprint density at radius 3 is 2.30 bits per heavy atom. The van der Waals surface area contributed by atoms with E-state index in [0.29, 0.717) is 5.54 Å². The van der Waals surface area contributed by atoms with Crippen molar-refractivity contribution in [1.29, 1.82) is 0 Å². The van der Waals surface area contributed by atoms with E-state index in [1.165, 1.54) is 64.3 Å². The molecule has 118 valence electrons. The van der Waals surface area contributed by atoms with Gasteiger partial charge in [-0.05, 0) is 50.5 Å². The third kappa shape index (κ3) is 3.39. The number of rotatable bonds is 6. The summed E-state index contributed by atoms with van der Waals surface area (Å²) >= 11 is 0. The zero-order valence-corrected chi connectivity index (χ0v) is 14.0. The fourth-order valence-corrected chi connectivity index (χ4v) is 4.63. The summed E-state index contributed by atoms with van der Waals surface area (Å²) in [6, 6.07) is 0.817. The van der Waals surface area contributed by atoms with Crippen LogP contribution in [0.15, 0.2) is 0 Å². The van der Waals surface area contributed by atoms with E-state index in [1.807, 2.05) is 0 Å². The molecule has 0 aromatic heterocycles.